The van der Waals surface area contributed by atoms with Crippen molar-refractivity contribution in [1.29, 1.82) is 0 Å². The number of urea groups is 1. The Morgan fingerprint density at radius 2 is 1.60 bits per heavy atom. The normalized spacial score (nSPS) is 17.7. The Hall–Kier alpha value is -4.41. The van der Waals surface area contributed by atoms with Crippen LogP contribution < -0.4 is 31.5 Å². The van der Waals surface area contributed by atoms with Crippen LogP contribution in [0.5, 0.6) is 11.5 Å². The van der Waals surface area contributed by atoms with Crippen molar-refractivity contribution in [3.8, 4) is 11.5 Å². The van der Waals surface area contributed by atoms with Gasteiger partial charge in [-0.15, -0.1) is 0 Å². The molecule has 3 aromatic carbocycles. The van der Waals surface area contributed by atoms with Gasteiger partial charge in [0.2, 0.25) is 0 Å². The molecule has 1 aliphatic heterocycles. The average Bonchev–Trinajstić information content (AvgIpc) is 3.16. The minimum atomic E-state index is -2.05. The van der Waals surface area contributed by atoms with E-state index in [0.29, 0.717) is 33.9 Å². The SMILES string of the molecule is COc1ccc(/C(=N/NC(=O)NN)[C@@H](c2ccc(OC)cc2)[C@@]2(O)C(=O)Nc3ccccc32)cc1. The quantitative estimate of drug-likeness (QED) is 0.153. The number of benzene rings is 3. The van der Waals surface area contributed by atoms with E-state index in [1.165, 1.54) is 0 Å². The zero-order valence-electron chi connectivity index (χ0n) is 19.1. The van der Waals surface area contributed by atoms with E-state index in [1.807, 2.05) is 5.43 Å². The van der Waals surface area contributed by atoms with Gasteiger partial charge in [0.05, 0.1) is 25.8 Å². The average molecular weight is 476 g/mol. The van der Waals surface area contributed by atoms with Crippen molar-refractivity contribution in [3.05, 3.63) is 89.5 Å². The molecular formula is C25H25N5O5. The number of ether oxygens (including phenoxy) is 2. The summed E-state index contributed by atoms with van der Waals surface area (Å²) in [7, 11) is 3.08. The number of hydrogen-bond acceptors (Lipinski definition) is 7. The first-order chi connectivity index (χ1) is 16.9. The Labute approximate surface area is 201 Å². The molecule has 0 unspecified atom stereocenters. The van der Waals surface area contributed by atoms with Gasteiger partial charge in [-0.05, 0) is 53.6 Å². The number of hydrazine groups is 1. The highest BCUT2D eigenvalue weighted by molar-refractivity contribution is 6.14. The highest BCUT2D eigenvalue weighted by atomic mass is 16.5. The van der Waals surface area contributed by atoms with E-state index in [-0.39, 0.29) is 5.71 Å². The number of aliphatic hydroxyl groups is 1. The third-order valence-corrected chi connectivity index (χ3v) is 5.87. The molecule has 35 heavy (non-hydrogen) atoms. The molecule has 3 aromatic rings. The van der Waals surface area contributed by atoms with Crippen molar-refractivity contribution >= 4 is 23.3 Å². The number of para-hydroxylation sites is 1. The summed E-state index contributed by atoms with van der Waals surface area (Å²) in [6.45, 7) is 0. The second-order valence-corrected chi connectivity index (χ2v) is 7.78. The molecule has 0 saturated carbocycles. The Bertz CT molecular complexity index is 1260. The van der Waals surface area contributed by atoms with Crippen LogP contribution in [0.2, 0.25) is 0 Å². The second-order valence-electron chi connectivity index (χ2n) is 7.78. The Kier molecular flexibility index (Phi) is 6.67. The number of carbonyl (C=O) groups excluding carboxylic acids is 2. The lowest BCUT2D eigenvalue weighted by Crippen LogP contribution is -2.45. The zero-order chi connectivity index (χ0) is 25.0. The summed E-state index contributed by atoms with van der Waals surface area (Å²) < 4.78 is 10.5. The lowest BCUT2D eigenvalue weighted by Gasteiger charge is -2.33. The van der Waals surface area contributed by atoms with Gasteiger partial charge in [0.25, 0.3) is 5.91 Å². The second kappa shape index (κ2) is 9.84. The maximum atomic E-state index is 13.3. The van der Waals surface area contributed by atoms with Gasteiger partial charge >= 0.3 is 6.03 Å². The molecule has 0 radical (unpaired) electrons. The van der Waals surface area contributed by atoms with Crippen molar-refractivity contribution in [3.63, 3.8) is 0 Å². The maximum Gasteiger partial charge on any atom is 0.349 e. The number of rotatable bonds is 7. The fraction of sp³-hybridized carbons (Fsp3) is 0.160. The summed E-state index contributed by atoms with van der Waals surface area (Å²) in [6, 6.07) is 19.9. The van der Waals surface area contributed by atoms with Gasteiger partial charge in [-0.2, -0.15) is 5.10 Å². The summed E-state index contributed by atoms with van der Waals surface area (Å²) in [5.74, 6) is 4.75. The standard InChI is InChI=1S/C25H25N5O5/c1-34-17-11-7-15(8-12-17)21(25(33)19-5-3-4-6-20(19)27-23(25)31)22(29-30-24(32)28-26)16-9-13-18(35-2)14-10-16/h3-14,21,33H,26H2,1-2H3,(H,27,31)(H2,28,30,32)/b29-22-/t21-,25-/m1/s1. The molecule has 1 heterocycles. The van der Waals surface area contributed by atoms with Crippen molar-refractivity contribution in [1.82, 2.24) is 10.9 Å². The van der Waals surface area contributed by atoms with Crippen LogP contribution in [-0.2, 0) is 10.4 Å². The predicted molar refractivity (Wildman–Crippen MR) is 130 cm³/mol. The van der Waals surface area contributed by atoms with Crippen LogP contribution in [-0.4, -0.2) is 37.0 Å². The number of carbonyl (C=O) groups is 2. The van der Waals surface area contributed by atoms with E-state index in [9.17, 15) is 14.7 Å². The lowest BCUT2D eigenvalue weighted by atomic mass is 9.73. The summed E-state index contributed by atoms with van der Waals surface area (Å²) >= 11 is 0. The van der Waals surface area contributed by atoms with Gasteiger partial charge < -0.3 is 19.9 Å². The van der Waals surface area contributed by atoms with Gasteiger partial charge in [0.1, 0.15) is 11.5 Å². The summed E-state index contributed by atoms with van der Waals surface area (Å²) in [5.41, 5.74) is 4.41. The number of nitrogens with zero attached hydrogens (tertiary/aromatic N) is 1. The molecule has 4 rings (SSSR count). The zero-order valence-corrected chi connectivity index (χ0v) is 19.1. The fourth-order valence-electron chi connectivity index (χ4n) is 4.15. The number of nitrogens with one attached hydrogen (secondary N) is 3. The molecule has 2 atom stereocenters. The minimum absolute atomic E-state index is 0.218. The molecule has 0 saturated heterocycles. The van der Waals surface area contributed by atoms with E-state index in [0.717, 1.165) is 0 Å². The number of hydrogen-bond donors (Lipinski definition) is 5. The Morgan fingerprint density at radius 1 is 1.00 bits per heavy atom. The van der Waals surface area contributed by atoms with Crippen LogP contribution in [0.25, 0.3) is 0 Å². The molecule has 0 bridgehead atoms. The molecule has 0 aromatic heterocycles. The largest absolute Gasteiger partial charge is 0.497 e. The third-order valence-electron chi connectivity index (χ3n) is 5.87. The van der Waals surface area contributed by atoms with E-state index in [4.69, 9.17) is 15.3 Å². The van der Waals surface area contributed by atoms with E-state index in [1.54, 1.807) is 87.0 Å². The van der Waals surface area contributed by atoms with Gasteiger partial charge in [-0.25, -0.2) is 16.1 Å². The molecular weight excluding hydrogens is 450 g/mol. The predicted octanol–water partition coefficient (Wildman–Crippen LogP) is 2.20. The molecule has 10 heteroatoms. The highest BCUT2D eigenvalue weighted by Gasteiger charge is 2.53. The summed E-state index contributed by atoms with van der Waals surface area (Å²) in [5, 5.41) is 19.2. The van der Waals surface area contributed by atoms with Gasteiger partial charge in [0, 0.05) is 11.3 Å². The molecule has 3 amide bonds. The number of nitrogens with two attached hydrogens (primary N) is 1. The Morgan fingerprint density at radius 3 is 2.20 bits per heavy atom. The maximum absolute atomic E-state index is 13.3. The van der Waals surface area contributed by atoms with Gasteiger partial charge in [0.15, 0.2) is 5.60 Å². The van der Waals surface area contributed by atoms with E-state index >= 15 is 0 Å². The number of hydrazone groups is 1. The number of fused-ring (bicyclic) bond motifs is 1. The number of methoxy groups -OCH3 is 2. The number of anilines is 1. The van der Waals surface area contributed by atoms with Crippen LogP contribution >= 0.6 is 0 Å². The Balaban J connectivity index is 1.96. The highest BCUT2D eigenvalue weighted by Crippen LogP contribution is 2.47. The van der Waals surface area contributed by atoms with Gasteiger partial charge in [-0.3, -0.25) is 10.2 Å². The first kappa shape index (κ1) is 23.7. The topological polar surface area (TPSA) is 147 Å². The molecule has 1 aliphatic rings. The smallest absolute Gasteiger partial charge is 0.349 e. The summed E-state index contributed by atoms with van der Waals surface area (Å²) in [4.78, 5) is 25.3. The molecule has 10 nitrogen and oxygen atoms in total. The third kappa shape index (κ3) is 4.39. The van der Waals surface area contributed by atoms with Crippen molar-refractivity contribution < 1.29 is 24.2 Å². The molecule has 0 spiro atoms. The van der Waals surface area contributed by atoms with Crippen LogP contribution in [0.4, 0.5) is 10.5 Å². The molecule has 0 fully saturated rings. The van der Waals surface area contributed by atoms with Gasteiger partial charge in [-0.1, -0.05) is 30.3 Å². The van der Waals surface area contributed by atoms with E-state index in [2.05, 4.69) is 15.8 Å². The molecule has 6 N–H and O–H groups in total. The van der Waals surface area contributed by atoms with Crippen molar-refractivity contribution in [2.24, 2.45) is 10.9 Å². The molecule has 180 valence electrons. The number of amides is 3. The van der Waals surface area contributed by atoms with Crippen LogP contribution in [0.1, 0.15) is 22.6 Å². The first-order valence-electron chi connectivity index (χ1n) is 10.7. The van der Waals surface area contributed by atoms with Crippen molar-refractivity contribution in [2.75, 3.05) is 19.5 Å². The van der Waals surface area contributed by atoms with Crippen molar-refractivity contribution in [2.45, 2.75) is 11.5 Å². The first-order valence-corrected chi connectivity index (χ1v) is 10.7. The monoisotopic (exact) mass is 475 g/mol. The summed E-state index contributed by atoms with van der Waals surface area (Å²) in [6.07, 6.45) is 0. The fourth-order valence-corrected chi connectivity index (χ4v) is 4.15. The van der Waals surface area contributed by atoms with E-state index < -0.39 is 23.5 Å². The van der Waals surface area contributed by atoms with Crippen LogP contribution in [0, 0.1) is 0 Å². The molecule has 0 aliphatic carbocycles. The minimum Gasteiger partial charge on any atom is -0.497 e. The lowest BCUT2D eigenvalue weighted by molar-refractivity contribution is -0.134. The van der Waals surface area contributed by atoms with Crippen LogP contribution in [0.15, 0.2) is 77.9 Å². The van der Waals surface area contributed by atoms with Crippen LogP contribution in [0.3, 0.4) is 0 Å².